The second-order valence-corrected chi connectivity index (χ2v) is 5.59. The van der Waals surface area contributed by atoms with E-state index in [-0.39, 0.29) is 11.9 Å². The van der Waals surface area contributed by atoms with Crippen molar-refractivity contribution >= 4 is 22.8 Å². The average Bonchev–Trinajstić information content (AvgIpc) is 2.65. The van der Waals surface area contributed by atoms with E-state index in [2.05, 4.69) is 15.5 Å². The van der Waals surface area contributed by atoms with E-state index in [1.54, 1.807) is 12.1 Å². The maximum atomic E-state index is 12.5. The number of hydrogen-bond acceptors (Lipinski definition) is 5. The summed E-state index contributed by atoms with van der Waals surface area (Å²) in [5, 5.41) is 11.5. The third kappa shape index (κ3) is 3.47. The molecular formula is C19H17N3O3. The van der Waals surface area contributed by atoms with E-state index in [1.165, 1.54) is 13.3 Å². The number of nitrogens with one attached hydrogen (secondary N) is 1. The number of aryl methyl sites for hydroxylation is 1. The first-order valence-electron chi connectivity index (χ1n) is 7.76. The summed E-state index contributed by atoms with van der Waals surface area (Å²) < 4.78 is 4.71. The van der Waals surface area contributed by atoms with Crippen LogP contribution >= 0.6 is 0 Å². The monoisotopic (exact) mass is 335 g/mol. The van der Waals surface area contributed by atoms with Gasteiger partial charge in [0, 0.05) is 11.9 Å². The van der Waals surface area contributed by atoms with Crippen LogP contribution in [0.15, 0.2) is 48.7 Å². The quantitative estimate of drug-likeness (QED) is 0.741. The van der Waals surface area contributed by atoms with E-state index in [0.717, 1.165) is 16.5 Å². The van der Waals surface area contributed by atoms with Gasteiger partial charge in [-0.25, -0.2) is 4.79 Å². The number of benzene rings is 2. The van der Waals surface area contributed by atoms with Gasteiger partial charge < -0.3 is 10.1 Å². The van der Waals surface area contributed by atoms with Crippen LogP contribution in [-0.2, 0) is 11.3 Å². The fourth-order valence-electron chi connectivity index (χ4n) is 2.60. The van der Waals surface area contributed by atoms with Crippen LogP contribution in [0.5, 0.6) is 0 Å². The van der Waals surface area contributed by atoms with Crippen molar-refractivity contribution in [3.8, 4) is 0 Å². The third-order valence-electron chi connectivity index (χ3n) is 3.99. The van der Waals surface area contributed by atoms with Gasteiger partial charge in [0.1, 0.15) is 0 Å². The summed E-state index contributed by atoms with van der Waals surface area (Å²) in [5.41, 5.74) is 3.47. The maximum absolute atomic E-state index is 12.5. The van der Waals surface area contributed by atoms with Crippen molar-refractivity contribution in [1.29, 1.82) is 0 Å². The molecule has 0 unspecified atom stereocenters. The Morgan fingerprint density at radius 1 is 1.16 bits per heavy atom. The van der Waals surface area contributed by atoms with Gasteiger partial charge in [-0.2, -0.15) is 10.2 Å². The second-order valence-electron chi connectivity index (χ2n) is 5.59. The van der Waals surface area contributed by atoms with Gasteiger partial charge in [0.2, 0.25) is 0 Å². The molecule has 0 aliphatic carbocycles. The molecule has 0 radical (unpaired) electrons. The molecule has 0 aliphatic rings. The Hall–Kier alpha value is -3.28. The smallest absolute Gasteiger partial charge is 0.337 e. The number of amides is 1. The molecule has 126 valence electrons. The minimum atomic E-state index is -0.381. The summed E-state index contributed by atoms with van der Waals surface area (Å²) in [6, 6.07) is 12.6. The lowest BCUT2D eigenvalue weighted by Gasteiger charge is -2.10. The highest BCUT2D eigenvalue weighted by molar-refractivity contribution is 6.05. The first-order chi connectivity index (χ1) is 12.1. The van der Waals surface area contributed by atoms with E-state index in [1.807, 2.05) is 37.3 Å². The molecule has 1 amide bonds. The van der Waals surface area contributed by atoms with Crippen LogP contribution in [0.25, 0.3) is 10.9 Å². The molecule has 0 fully saturated rings. The van der Waals surface area contributed by atoms with Crippen molar-refractivity contribution in [2.45, 2.75) is 13.5 Å². The number of ether oxygens (including phenoxy) is 1. The van der Waals surface area contributed by atoms with Crippen molar-refractivity contribution in [1.82, 2.24) is 15.5 Å². The van der Waals surface area contributed by atoms with Crippen molar-refractivity contribution in [3.63, 3.8) is 0 Å². The number of esters is 1. The van der Waals surface area contributed by atoms with Crippen LogP contribution in [0.1, 0.15) is 31.8 Å². The lowest BCUT2D eigenvalue weighted by Crippen LogP contribution is -2.24. The maximum Gasteiger partial charge on any atom is 0.337 e. The summed E-state index contributed by atoms with van der Waals surface area (Å²) >= 11 is 0. The lowest BCUT2D eigenvalue weighted by molar-refractivity contribution is 0.0600. The largest absolute Gasteiger partial charge is 0.465 e. The number of methoxy groups -OCH3 is 1. The third-order valence-corrected chi connectivity index (χ3v) is 3.99. The molecule has 2 aromatic carbocycles. The average molecular weight is 335 g/mol. The Bertz CT molecular complexity index is 948. The molecule has 1 N–H and O–H groups in total. The highest BCUT2D eigenvalue weighted by Crippen LogP contribution is 2.16. The van der Waals surface area contributed by atoms with Gasteiger partial charge >= 0.3 is 5.97 Å². The Labute approximate surface area is 144 Å². The lowest BCUT2D eigenvalue weighted by atomic mass is 10.0. The standard InChI is InChI=1S/C19H17N3O3/c1-12-9-13(19(24)25-2)7-8-14(12)10-20-18(23)16-11-21-22-17-6-4-3-5-15(16)17/h3-9,11H,10H2,1-2H3,(H,20,23). The SMILES string of the molecule is COC(=O)c1ccc(CNC(=O)c2cnnc3ccccc23)c(C)c1. The van der Waals surface area contributed by atoms with Gasteiger partial charge in [-0.05, 0) is 36.2 Å². The number of nitrogens with zero attached hydrogens (tertiary/aromatic N) is 2. The van der Waals surface area contributed by atoms with Gasteiger partial charge in [0.05, 0.1) is 30.0 Å². The van der Waals surface area contributed by atoms with E-state index in [0.29, 0.717) is 23.2 Å². The fraction of sp³-hybridized carbons (Fsp3) is 0.158. The molecule has 0 saturated carbocycles. The molecular weight excluding hydrogens is 318 g/mol. The number of rotatable bonds is 4. The minimum absolute atomic E-state index is 0.220. The normalized spacial score (nSPS) is 10.5. The van der Waals surface area contributed by atoms with Crippen LogP contribution in [-0.4, -0.2) is 29.2 Å². The molecule has 0 bridgehead atoms. The van der Waals surface area contributed by atoms with Gasteiger partial charge in [-0.1, -0.05) is 24.3 Å². The van der Waals surface area contributed by atoms with Crippen molar-refractivity contribution < 1.29 is 14.3 Å². The fourth-order valence-corrected chi connectivity index (χ4v) is 2.60. The zero-order valence-electron chi connectivity index (χ0n) is 13.9. The van der Waals surface area contributed by atoms with Crippen molar-refractivity contribution in [2.24, 2.45) is 0 Å². The van der Waals surface area contributed by atoms with E-state index < -0.39 is 0 Å². The summed E-state index contributed by atoms with van der Waals surface area (Å²) in [6.07, 6.45) is 1.46. The van der Waals surface area contributed by atoms with E-state index >= 15 is 0 Å². The minimum Gasteiger partial charge on any atom is -0.465 e. The number of hydrogen-bond donors (Lipinski definition) is 1. The molecule has 0 spiro atoms. The van der Waals surface area contributed by atoms with Crippen LogP contribution in [0.2, 0.25) is 0 Å². The molecule has 6 heteroatoms. The van der Waals surface area contributed by atoms with Crippen LogP contribution in [0.4, 0.5) is 0 Å². The van der Waals surface area contributed by atoms with Crippen molar-refractivity contribution in [3.05, 3.63) is 70.9 Å². The Balaban J connectivity index is 1.77. The Kier molecular flexibility index (Phi) is 4.70. The number of carbonyl (C=O) groups is 2. The molecule has 3 rings (SSSR count). The number of aromatic nitrogens is 2. The highest BCUT2D eigenvalue weighted by atomic mass is 16.5. The summed E-state index contributed by atoms with van der Waals surface area (Å²) in [5.74, 6) is -0.601. The number of carbonyl (C=O) groups excluding carboxylic acids is 2. The summed E-state index contributed by atoms with van der Waals surface area (Å²) in [7, 11) is 1.35. The first kappa shape index (κ1) is 16.6. The molecule has 25 heavy (non-hydrogen) atoms. The zero-order chi connectivity index (χ0) is 17.8. The highest BCUT2D eigenvalue weighted by Gasteiger charge is 2.12. The second kappa shape index (κ2) is 7.09. The molecule has 6 nitrogen and oxygen atoms in total. The van der Waals surface area contributed by atoms with Gasteiger partial charge in [-0.15, -0.1) is 0 Å². The Morgan fingerprint density at radius 2 is 1.96 bits per heavy atom. The van der Waals surface area contributed by atoms with Gasteiger partial charge in [0.15, 0.2) is 0 Å². The molecule has 1 aromatic heterocycles. The van der Waals surface area contributed by atoms with Crippen LogP contribution < -0.4 is 5.32 Å². The van der Waals surface area contributed by atoms with E-state index in [9.17, 15) is 9.59 Å². The van der Waals surface area contributed by atoms with Crippen LogP contribution in [0.3, 0.4) is 0 Å². The zero-order valence-corrected chi connectivity index (χ0v) is 13.9. The molecule has 1 heterocycles. The van der Waals surface area contributed by atoms with E-state index in [4.69, 9.17) is 4.74 Å². The predicted octanol–water partition coefficient (Wildman–Crippen LogP) is 2.65. The Morgan fingerprint density at radius 3 is 2.72 bits per heavy atom. The number of fused-ring (bicyclic) bond motifs is 1. The molecule has 0 saturated heterocycles. The van der Waals surface area contributed by atoms with Crippen LogP contribution in [0, 0.1) is 6.92 Å². The molecule has 3 aromatic rings. The summed E-state index contributed by atoms with van der Waals surface area (Å²) in [4.78, 5) is 24.1. The molecule has 0 aliphatic heterocycles. The molecule has 0 atom stereocenters. The van der Waals surface area contributed by atoms with Gasteiger partial charge in [-0.3, -0.25) is 4.79 Å². The topological polar surface area (TPSA) is 81.2 Å². The first-order valence-corrected chi connectivity index (χ1v) is 7.76. The van der Waals surface area contributed by atoms with Crippen molar-refractivity contribution in [2.75, 3.05) is 7.11 Å². The summed E-state index contributed by atoms with van der Waals surface area (Å²) in [6.45, 7) is 2.24. The predicted molar refractivity (Wildman–Crippen MR) is 93.2 cm³/mol. The van der Waals surface area contributed by atoms with Gasteiger partial charge in [0.25, 0.3) is 5.91 Å².